The molecule has 1 saturated heterocycles. The number of halogens is 1. The number of thioether (sulfide) groups is 1. The van der Waals surface area contributed by atoms with Crippen LogP contribution in [0.1, 0.15) is 40.2 Å². The highest BCUT2D eigenvalue weighted by Gasteiger charge is 2.28. The Labute approximate surface area is 131 Å². The third-order valence-electron chi connectivity index (χ3n) is 3.87. The van der Waals surface area contributed by atoms with Crippen molar-refractivity contribution in [1.29, 1.82) is 0 Å². The lowest BCUT2D eigenvalue weighted by molar-refractivity contribution is 0.422. The summed E-state index contributed by atoms with van der Waals surface area (Å²) in [6.45, 7) is 12.4. The SMILES string of the molecule is CC1SCCN(c2ncc(F)cc2CNC(C)(C)C)C1C. The van der Waals surface area contributed by atoms with Crippen molar-refractivity contribution in [2.24, 2.45) is 0 Å². The molecule has 1 aromatic rings. The molecule has 2 atom stereocenters. The van der Waals surface area contributed by atoms with Gasteiger partial charge in [-0.15, -0.1) is 0 Å². The summed E-state index contributed by atoms with van der Waals surface area (Å²) in [7, 11) is 0. The lowest BCUT2D eigenvalue weighted by Crippen LogP contribution is -2.46. The number of nitrogens with zero attached hydrogens (tertiary/aromatic N) is 2. The van der Waals surface area contributed by atoms with E-state index in [2.05, 4.69) is 49.8 Å². The van der Waals surface area contributed by atoms with Crippen molar-refractivity contribution in [2.75, 3.05) is 17.2 Å². The Hall–Kier alpha value is -0.810. The summed E-state index contributed by atoms with van der Waals surface area (Å²) in [5.41, 5.74) is 0.941. The molecule has 118 valence electrons. The molecular formula is C16H26FN3S. The monoisotopic (exact) mass is 311 g/mol. The van der Waals surface area contributed by atoms with Crippen molar-refractivity contribution in [3.63, 3.8) is 0 Å². The molecule has 0 bridgehead atoms. The summed E-state index contributed by atoms with van der Waals surface area (Å²) in [4.78, 5) is 6.71. The summed E-state index contributed by atoms with van der Waals surface area (Å²) < 4.78 is 13.6. The van der Waals surface area contributed by atoms with Crippen LogP contribution in [0.5, 0.6) is 0 Å². The maximum absolute atomic E-state index is 13.6. The van der Waals surface area contributed by atoms with E-state index in [1.54, 1.807) is 6.07 Å². The smallest absolute Gasteiger partial charge is 0.141 e. The summed E-state index contributed by atoms with van der Waals surface area (Å²) >= 11 is 1.99. The van der Waals surface area contributed by atoms with Crippen LogP contribution in [0.2, 0.25) is 0 Å². The van der Waals surface area contributed by atoms with Gasteiger partial charge in [0.1, 0.15) is 11.6 Å². The minimum atomic E-state index is -0.267. The van der Waals surface area contributed by atoms with Gasteiger partial charge in [-0.3, -0.25) is 0 Å². The Morgan fingerprint density at radius 2 is 2.14 bits per heavy atom. The Kier molecular flexibility index (Phi) is 5.15. The van der Waals surface area contributed by atoms with Crippen LogP contribution in [-0.2, 0) is 6.54 Å². The first kappa shape index (κ1) is 16.6. The number of hydrogen-bond acceptors (Lipinski definition) is 4. The maximum atomic E-state index is 13.6. The van der Waals surface area contributed by atoms with E-state index in [0.717, 1.165) is 23.7 Å². The quantitative estimate of drug-likeness (QED) is 0.925. The predicted molar refractivity (Wildman–Crippen MR) is 89.5 cm³/mol. The summed E-state index contributed by atoms with van der Waals surface area (Å²) in [6, 6.07) is 2.02. The molecule has 1 aliphatic heterocycles. The van der Waals surface area contributed by atoms with Gasteiger partial charge in [0.25, 0.3) is 0 Å². The summed E-state index contributed by atoms with van der Waals surface area (Å²) in [6.07, 6.45) is 1.33. The largest absolute Gasteiger partial charge is 0.352 e. The van der Waals surface area contributed by atoms with Gasteiger partial charge in [0.15, 0.2) is 0 Å². The third kappa shape index (κ3) is 4.33. The molecule has 0 radical (unpaired) electrons. The molecule has 1 aliphatic rings. The van der Waals surface area contributed by atoms with Crippen molar-refractivity contribution < 1.29 is 4.39 Å². The van der Waals surface area contributed by atoms with E-state index in [1.165, 1.54) is 6.20 Å². The molecule has 0 amide bonds. The van der Waals surface area contributed by atoms with Gasteiger partial charge in [-0.1, -0.05) is 6.92 Å². The van der Waals surface area contributed by atoms with Crippen LogP contribution in [0.15, 0.2) is 12.3 Å². The van der Waals surface area contributed by atoms with Gasteiger partial charge < -0.3 is 10.2 Å². The first-order chi connectivity index (χ1) is 9.78. The maximum Gasteiger partial charge on any atom is 0.141 e. The van der Waals surface area contributed by atoms with Crippen LogP contribution in [0.3, 0.4) is 0 Å². The number of anilines is 1. The third-order valence-corrected chi connectivity index (χ3v) is 5.21. The molecule has 21 heavy (non-hydrogen) atoms. The Bertz CT molecular complexity index is 487. The fourth-order valence-corrected chi connectivity index (χ4v) is 3.55. The second kappa shape index (κ2) is 6.53. The number of aromatic nitrogens is 1. The van der Waals surface area contributed by atoms with Crippen LogP contribution >= 0.6 is 11.8 Å². The van der Waals surface area contributed by atoms with Crippen LogP contribution in [-0.4, -0.2) is 34.1 Å². The molecule has 0 aromatic carbocycles. The average molecular weight is 311 g/mol. The van der Waals surface area contributed by atoms with Crippen molar-refractivity contribution in [3.8, 4) is 0 Å². The van der Waals surface area contributed by atoms with Crippen molar-refractivity contribution in [3.05, 3.63) is 23.6 Å². The molecule has 1 aromatic heterocycles. The van der Waals surface area contributed by atoms with Gasteiger partial charge >= 0.3 is 0 Å². The highest BCUT2D eigenvalue weighted by Crippen LogP contribution is 2.30. The second-order valence-corrected chi connectivity index (χ2v) is 8.23. The van der Waals surface area contributed by atoms with Gasteiger partial charge in [0, 0.05) is 41.2 Å². The zero-order valence-corrected chi connectivity index (χ0v) is 14.4. The van der Waals surface area contributed by atoms with Crippen LogP contribution < -0.4 is 10.2 Å². The molecule has 1 N–H and O–H groups in total. The lowest BCUT2D eigenvalue weighted by atomic mass is 10.1. The Morgan fingerprint density at radius 1 is 1.43 bits per heavy atom. The first-order valence-electron chi connectivity index (χ1n) is 7.55. The van der Waals surface area contributed by atoms with Gasteiger partial charge in [0.2, 0.25) is 0 Å². The summed E-state index contributed by atoms with van der Waals surface area (Å²) in [5, 5.41) is 4.00. The molecule has 0 saturated carbocycles. The number of nitrogens with one attached hydrogen (secondary N) is 1. The van der Waals surface area contributed by atoms with E-state index >= 15 is 0 Å². The zero-order chi connectivity index (χ0) is 15.6. The van der Waals surface area contributed by atoms with Crippen LogP contribution in [0.4, 0.5) is 10.2 Å². The zero-order valence-electron chi connectivity index (χ0n) is 13.6. The summed E-state index contributed by atoms with van der Waals surface area (Å²) in [5.74, 6) is 1.75. The average Bonchev–Trinajstić information content (AvgIpc) is 2.39. The van der Waals surface area contributed by atoms with Crippen molar-refractivity contribution >= 4 is 17.6 Å². The Morgan fingerprint density at radius 3 is 2.81 bits per heavy atom. The van der Waals surface area contributed by atoms with Crippen LogP contribution in [0.25, 0.3) is 0 Å². The molecule has 2 rings (SSSR count). The molecule has 5 heteroatoms. The highest BCUT2D eigenvalue weighted by molar-refractivity contribution is 8.00. The second-order valence-electron chi connectivity index (χ2n) is 6.75. The molecule has 2 heterocycles. The van der Waals surface area contributed by atoms with E-state index in [4.69, 9.17) is 0 Å². The van der Waals surface area contributed by atoms with E-state index in [9.17, 15) is 4.39 Å². The van der Waals surface area contributed by atoms with Crippen LogP contribution in [0, 0.1) is 5.82 Å². The standard InChI is InChI=1S/C16H26FN3S/c1-11-12(2)21-7-6-20(11)15-13(8-14(17)10-18-15)9-19-16(3,4)5/h8,10-12,19H,6-7,9H2,1-5H3. The van der Waals surface area contributed by atoms with Gasteiger partial charge in [0.05, 0.1) is 6.20 Å². The Balaban J connectivity index is 2.25. The molecule has 0 spiro atoms. The fourth-order valence-electron chi connectivity index (χ4n) is 2.46. The molecular weight excluding hydrogens is 285 g/mol. The number of hydrogen-bond donors (Lipinski definition) is 1. The molecule has 0 aliphatic carbocycles. The number of rotatable bonds is 3. The predicted octanol–water partition coefficient (Wildman–Crippen LogP) is 3.44. The molecule has 2 unspecified atom stereocenters. The first-order valence-corrected chi connectivity index (χ1v) is 8.60. The molecule has 3 nitrogen and oxygen atoms in total. The minimum absolute atomic E-state index is 0.000243. The van der Waals surface area contributed by atoms with Gasteiger partial charge in [-0.25, -0.2) is 9.37 Å². The van der Waals surface area contributed by atoms with Crippen molar-refractivity contribution in [2.45, 2.75) is 58.0 Å². The minimum Gasteiger partial charge on any atom is -0.352 e. The molecule has 1 fully saturated rings. The number of pyridine rings is 1. The topological polar surface area (TPSA) is 28.2 Å². The normalized spacial score (nSPS) is 23.4. The highest BCUT2D eigenvalue weighted by atomic mass is 32.2. The van der Waals surface area contributed by atoms with E-state index < -0.39 is 0 Å². The van der Waals surface area contributed by atoms with Gasteiger partial charge in [-0.05, 0) is 33.8 Å². The lowest BCUT2D eigenvalue weighted by Gasteiger charge is -2.39. The van der Waals surface area contributed by atoms with Crippen molar-refractivity contribution in [1.82, 2.24) is 10.3 Å². The fraction of sp³-hybridized carbons (Fsp3) is 0.688. The van der Waals surface area contributed by atoms with Gasteiger partial charge in [-0.2, -0.15) is 11.8 Å². The van der Waals surface area contributed by atoms with E-state index in [0.29, 0.717) is 17.8 Å². The van der Waals surface area contributed by atoms with E-state index in [1.807, 2.05) is 11.8 Å². The van der Waals surface area contributed by atoms with E-state index in [-0.39, 0.29) is 11.4 Å².